The zero-order valence-electron chi connectivity index (χ0n) is 18.7. The molecule has 2 atom stereocenters. The molecule has 2 aliphatic rings. The molecule has 2 bridgehead atoms. The molecule has 1 aromatic carbocycles. The lowest BCUT2D eigenvalue weighted by atomic mass is 9.82. The number of piperidine rings is 1. The molecule has 7 nitrogen and oxygen atoms in total. The normalized spacial score (nSPS) is 22.0. The summed E-state index contributed by atoms with van der Waals surface area (Å²) in [5.74, 6) is 0.788. The van der Waals surface area contributed by atoms with E-state index in [1.807, 2.05) is 49.1 Å². The van der Waals surface area contributed by atoms with Gasteiger partial charge in [0.05, 0.1) is 0 Å². The number of carbonyl (C=O) groups excluding carboxylic acids is 3. The molecule has 3 rings (SSSR count). The van der Waals surface area contributed by atoms with E-state index in [-0.39, 0.29) is 42.1 Å². The molecule has 3 amide bonds. The van der Waals surface area contributed by atoms with E-state index in [1.165, 1.54) is 6.92 Å². The maximum Gasteiger partial charge on any atom is 0.242 e. The molecule has 0 radical (unpaired) electrons. The smallest absolute Gasteiger partial charge is 0.242 e. The molecule has 2 aliphatic heterocycles. The van der Waals surface area contributed by atoms with E-state index >= 15 is 0 Å². The quantitative estimate of drug-likeness (QED) is 0.751. The van der Waals surface area contributed by atoms with Crippen LogP contribution in [0.2, 0.25) is 0 Å². The largest absolute Gasteiger partial charge is 0.489 e. The number of nitrogens with one attached hydrogen (secondary N) is 1. The van der Waals surface area contributed by atoms with E-state index in [4.69, 9.17) is 4.74 Å². The summed E-state index contributed by atoms with van der Waals surface area (Å²) in [7, 11) is 0. The summed E-state index contributed by atoms with van der Waals surface area (Å²) in [6, 6.07) is 7.70. The number of ether oxygens (including phenoxy) is 1. The zero-order chi connectivity index (χ0) is 22.4. The van der Waals surface area contributed by atoms with Crippen LogP contribution in [0.4, 0.5) is 0 Å². The molecular formula is C24H33N3O4. The molecule has 7 heteroatoms. The molecule has 1 N–H and O–H groups in total. The Hall–Kier alpha value is -2.83. The van der Waals surface area contributed by atoms with Gasteiger partial charge in [-0.1, -0.05) is 30.4 Å². The number of nitrogens with zero attached hydrogens (tertiary/aromatic N) is 2. The van der Waals surface area contributed by atoms with Crippen LogP contribution < -0.4 is 10.1 Å². The highest BCUT2D eigenvalue weighted by Gasteiger charge is 2.32. The summed E-state index contributed by atoms with van der Waals surface area (Å²) >= 11 is 0. The van der Waals surface area contributed by atoms with Crippen LogP contribution >= 0.6 is 0 Å². The van der Waals surface area contributed by atoms with Crippen molar-refractivity contribution in [3.05, 3.63) is 42.0 Å². The Morgan fingerprint density at radius 2 is 2.00 bits per heavy atom. The van der Waals surface area contributed by atoms with Crippen molar-refractivity contribution >= 4 is 17.7 Å². The summed E-state index contributed by atoms with van der Waals surface area (Å²) in [5, 5.41) is 2.97. The van der Waals surface area contributed by atoms with E-state index < -0.39 is 0 Å². The SMILES string of the molecule is CC(=O)N1CC(=O)N2CC[C@@H](CC(=O)NC(C)C)[C@@H](C=CCOc3ccccc3C1)C2. The standard InChI is InChI=1S/C24H33N3O4/c1-17(2)25-23(29)13-19-10-11-26-14-20(19)8-6-12-31-22-9-5-4-7-21(22)15-27(18(3)28)16-24(26)30/h4-9,17,19-20H,10-16H2,1-3H3,(H,25,29)/t19-,20-/m0/s1. The first-order valence-electron chi connectivity index (χ1n) is 11.0. The number of fused-ring (bicyclic) bond motifs is 3. The molecule has 168 valence electrons. The maximum absolute atomic E-state index is 13.0. The predicted molar refractivity (Wildman–Crippen MR) is 118 cm³/mol. The second kappa shape index (κ2) is 10.5. The van der Waals surface area contributed by atoms with Crippen LogP contribution in [0.1, 0.15) is 39.2 Å². The van der Waals surface area contributed by atoms with Crippen LogP contribution in [0.3, 0.4) is 0 Å². The highest BCUT2D eigenvalue weighted by atomic mass is 16.5. The van der Waals surface area contributed by atoms with Gasteiger partial charge in [0.15, 0.2) is 0 Å². The first kappa shape index (κ1) is 22.8. The van der Waals surface area contributed by atoms with Gasteiger partial charge < -0.3 is 19.9 Å². The lowest BCUT2D eigenvalue weighted by molar-refractivity contribution is -0.141. The van der Waals surface area contributed by atoms with Gasteiger partial charge in [0.25, 0.3) is 0 Å². The van der Waals surface area contributed by atoms with Gasteiger partial charge in [-0.3, -0.25) is 14.4 Å². The van der Waals surface area contributed by atoms with E-state index in [1.54, 1.807) is 4.90 Å². The maximum atomic E-state index is 13.0. The van der Waals surface area contributed by atoms with Crippen LogP contribution in [0.15, 0.2) is 36.4 Å². The molecule has 31 heavy (non-hydrogen) atoms. The first-order valence-corrected chi connectivity index (χ1v) is 11.0. The third kappa shape index (κ3) is 6.32. The highest BCUT2D eigenvalue weighted by Crippen LogP contribution is 2.29. The predicted octanol–water partition coefficient (Wildman–Crippen LogP) is 2.36. The fraction of sp³-hybridized carbons (Fsp3) is 0.542. The minimum atomic E-state index is -0.145. The number of carbonyl (C=O) groups is 3. The highest BCUT2D eigenvalue weighted by molar-refractivity contribution is 5.84. The Morgan fingerprint density at radius 3 is 2.74 bits per heavy atom. The molecule has 0 saturated carbocycles. The Kier molecular flexibility index (Phi) is 7.71. The van der Waals surface area contributed by atoms with Crippen LogP contribution in [-0.4, -0.2) is 59.8 Å². The molecule has 0 aliphatic carbocycles. The third-order valence-electron chi connectivity index (χ3n) is 5.88. The van der Waals surface area contributed by atoms with Crippen LogP contribution in [0, 0.1) is 11.8 Å². The number of rotatable bonds is 3. The minimum Gasteiger partial charge on any atom is -0.489 e. The lowest BCUT2D eigenvalue weighted by Gasteiger charge is -2.38. The van der Waals surface area contributed by atoms with Crippen LogP contribution in [0.25, 0.3) is 0 Å². The van der Waals surface area contributed by atoms with Crippen molar-refractivity contribution in [3.8, 4) is 5.75 Å². The Morgan fingerprint density at radius 1 is 1.23 bits per heavy atom. The number of hydrogen-bond acceptors (Lipinski definition) is 4. The van der Waals surface area contributed by atoms with E-state index in [2.05, 4.69) is 11.4 Å². The molecule has 1 fully saturated rings. The monoisotopic (exact) mass is 427 g/mol. The molecule has 0 spiro atoms. The van der Waals surface area contributed by atoms with E-state index in [0.717, 1.165) is 12.0 Å². The summed E-state index contributed by atoms with van der Waals surface area (Å²) in [5.41, 5.74) is 0.874. The Labute approximate surface area is 184 Å². The molecule has 1 saturated heterocycles. The Bertz CT molecular complexity index is 836. The van der Waals surface area contributed by atoms with Crippen molar-refractivity contribution in [2.75, 3.05) is 26.2 Å². The van der Waals surface area contributed by atoms with E-state index in [0.29, 0.717) is 38.4 Å². The number of hydrogen-bond donors (Lipinski definition) is 1. The van der Waals surface area contributed by atoms with Crippen molar-refractivity contribution in [2.45, 2.75) is 46.2 Å². The molecule has 0 unspecified atom stereocenters. The van der Waals surface area contributed by atoms with Crippen molar-refractivity contribution in [2.24, 2.45) is 11.8 Å². The van der Waals surface area contributed by atoms with Gasteiger partial charge in [-0.2, -0.15) is 0 Å². The third-order valence-corrected chi connectivity index (χ3v) is 5.88. The molecule has 0 aromatic heterocycles. The summed E-state index contributed by atoms with van der Waals surface area (Å²) in [6.07, 6.45) is 5.26. The summed E-state index contributed by atoms with van der Waals surface area (Å²) in [4.78, 5) is 41.0. The first-order chi connectivity index (χ1) is 14.8. The topological polar surface area (TPSA) is 79.0 Å². The fourth-order valence-corrected chi connectivity index (χ4v) is 4.24. The minimum absolute atomic E-state index is 0.0403. The summed E-state index contributed by atoms with van der Waals surface area (Å²) in [6.45, 7) is 7.30. The molecule has 2 heterocycles. The van der Waals surface area contributed by atoms with Gasteiger partial charge >= 0.3 is 0 Å². The van der Waals surface area contributed by atoms with Gasteiger partial charge in [-0.25, -0.2) is 0 Å². The van der Waals surface area contributed by atoms with Crippen molar-refractivity contribution in [1.29, 1.82) is 0 Å². The van der Waals surface area contributed by atoms with Gasteiger partial charge in [0, 0.05) is 44.6 Å². The fourth-order valence-electron chi connectivity index (χ4n) is 4.24. The van der Waals surface area contributed by atoms with Crippen LogP contribution in [0.5, 0.6) is 5.75 Å². The second-order valence-corrected chi connectivity index (χ2v) is 8.70. The van der Waals surface area contributed by atoms with Crippen molar-refractivity contribution in [3.63, 3.8) is 0 Å². The number of amides is 3. The molecule has 1 aromatic rings. The lowest BCUT2D eigenvalue weighted by Crippen LogP contribution is -2.48. The summed E-state index contributed by atoms with van der Waals surface area (Å²) < 4.78 is 5.96. The zero-order valence-corrected chi connectivity index (χ0v) is 18.7. The van der Waals surface area contributed by atoms with Crippen molar-refractivity contribution < 1.29 is 19.1 Å². The van der Waals surface area contributed by atoms with E-state index in [9.17, 15) is 14.4 Å². The average molecular weight is 428 g/mol. The van der Waals surface area contributed by atoms with Gasteiger partial charge in [-0.05, 0) is 38.2 Å². The van der Waals surface area contributed by atoms with Crippen molar-refractivity contribution in [1.82, 2.24) is 15.1 Å². The Balaban J connectivity index is 1.82. The average Bonchev–Trinajstić information content (AvgIpc) is 2.72. The van der Waals surface area contributed by atoms with Gasteiger partial charge in [-0.15, -0.1) is 0 Å². The van der Waals surface area contributed by atoms with Crippen LogP contribution in [-0.2, 0) is 20.9 Å². The van der Waals surface area contributed by atoms with Gasteiger partial charge in [0.2, 0.25) is 17.7 Å². The number of para-hydroxylation sites is 1. The number of benzene rings is 1. The second-order valence-electron chi connectivity index (χ2n) is 8.70. The molecular weight excluding hydrogens is 394 g/mol. The van der Waals surface area contributed by atoms with Gasteiger partial charge in [0.1, 0.15) is 18.9 Å².